The van der Waals surface area contributed by atoms with Gasteiger partial charge in [-0.15, -0.1) is 11.3 Å². The minimum Gasteiger partial charge on any atom is -0.337 e. The molecule has 0 radical (unpaired) electrons. The highest BCUT2D eigenvalue weighted by molar-refractivity contribution is 7.11. The van der Waals surface area contributed by atoms with E-state index in [9.17, 15) is 4.79 Å². The zero-order chi connectivity index (χ0) is 15.7. The van der Waals surface area contributed by atoms with Gasteiger partial charge < -0.3 is 9.47 Å². The molecule has 0 saturated carbocycles. The lowest BCUT2D eigenvalue weighted by atomic mass is 10.1. The van der Waals surface area contributed by atoms with Gasteiger partial charge in [-0.25, -0.2) is 9.97 Å². The quantitative estimate of drug-likeness (QED) is 0.862. The van der Waals surface area contributed by atoms with Crippen LogP contribution in [0.4, 0.5) is 0 Å². The fourth-order valence-corrected chi connectivity index (χ4v) is 3.72. The molecule has 1 fully saturated rings. The summed E-state index contributed by atoms with van der Waals surface area (Å²) in [7, 11) is 4.08. The van der Waals surface area contributed by atoms with E-state index < -0.39 is 0 Å². The highest BCUT2D eigenvalue weighted by Crippen LogP contribution is 2.25. The maximum Gasteiger partial charge on any atom is 0.265 e. The van der Waals surface area contributed by atoms with E-state index in [2.05, 4.69) is 21.9 Å². The van der Waals surface area contributed by atoms with Crippen LogP contribution in [0.25, 0.3) is 0 Å². The van der Waals surface area contributed by atoms with Gasteiger partial charge in [-0.3, -0.25) is 9.69 Å². The van der Waals surface area contributed by atoms with Crippen molar-refractivity contribution < 1.29 is 4.79 Å². The summed E-state index contributed by atoms with van der Waals surface area (Å²) < 4.78 is 2.03. The van der Waals surface area contributed by atoms with Crippen molar-refractivity contribution in [2.75, 3.05) is 26.7 Å². The molecule has 6 nitrogen and oxygen atoms in total. The zero-order valence-electron chi connectivity index (χ0n) is 13.2. The van der Waals surface area contributed by atoms with Gasteiger partial charge in [0.1, 0.15) is 10.7 Å². The van der Waals surface area contributed by atoms with E-state index in [0.29, 0.717) is 6.54 Å². The molecule has 1 amide bonds. The lowest BCUT2D eigenvalue weighted by Crippen LogP contribution is -2.49. The van der Waals surface area contributed by atoms with Crippen LogP contribution in [0, 0.1) is 0 Å². The average Bonchev–Trinajstić information content (AvgIpc) is 3.15. The first-order valence-electron chi connectivity index (χ1n) is 7.51. The van der Waals surface area contributed by atoms with Gasteiger partial charge in [0.25, 0.3) is 5.91 Å². The number of aryl methyl sites for hydroxylation is 2. The molecule has 1 saturated heterocycles. The van der Waals surface area contributed by atoms with Gasteiger partial charge in [0, 0.05) is 39.1 Å². The number of hydrogen-bond donors (Lipinski definition) is 0. The Morgan fingerprint density at radius 1 is 1.36 bits per heavy atom. The third-order valence-corrected chi connectivity index (χ3v) is 5.12. The van der Waals surface area contributed by atoms with Crippen molar-refractivity contribution in [1.29, 1.82) is 0 Å². The summed E-state index contributed by atoms with van der Waals surface area (Å²) in [6.45, 7) is 4.30. The molecule has 0 N–H and O–H groups in total. The van der Waals surface area contributed by atoms with Crippen LogP contribution in [-0.2, 0) is 13.5 Å². The van der Waals surface area contributed by atoms with Gasteiger partial charge in [0.2, 0.25) is 0 Å². The zero-order valence-corrected chi connectivity index (χ0v) is 14.0. The second-order valence-corrected chi connectivity index (χ2v) is 6.48. The fourth-order valence-electron chi connectivity index (χ4n) is 2.87. The number of nitrogens with zero attached hydrogens (tertiary/aromatic N) is 5. The number of piperazine rings is 1. The highest BCUT2D eigenvalue weighted by Gasteiger charge is 2.32. The van der Waals surface area contributed by atoms with Crippen LogP contribution in [0.5, 0.6) is 0 Å². The second kappa shape index (κ2) is 6.18. The van der Waals surface area contributed by atoms with E-state index in [4.69, 9.17) is 0 Å². The van der Waals surface area contributed by atoms with E-state index in [-0.39, 0.29) is 11.9 Å². The number of aromatic nitrogens is 3. The van der Waals surface area contributed by atoms with E-state index in [0.717, 1.165) is 35.9 Å². The number of hydrogen-bond acceptors (Lipinski definition) is 5. The number of amides is 1. The van der Waals surface area contributed by atoms with Crippen molar-refractivity contribution in [2.24, 2.45) is 7.05 Å². The SMILES string of the molecule is CCc1ncsc1C(=O)N1CCN(C)[C@H](c2nccn2C)C1. The fraction of sp³-hybridized carbons (Fsp3) is 0.533. The molecule has 0 spiro atoms. The van der Waals surface area contributed by atoms with Crippen LogP contribution >= 0.6 is 11.3 Å². The van der Waals surface area contributed by atoms with Crippen molar-refractivity contribution in [1.82, 2.24) is 24.3 Å². The van der Waals surface area contributed by atoms with E-state index in [1.165, 1.54) is 11.3 Å². The Morgan fingerprint density at radius 3 is 2.86 bits per heavy atom. The molecule has 1 aliphatic heterocycles. The molecule has 0 aliphatic carbocycles. The van der Waals surface area contributed by atoms with E-state index >= 15 is 0 Å². The molecule has 22 heavy (non-hydrogen) atoms. The Kier molecular flexibility index (Phi) is 4.26. The number of rotatable bonds is 3. The first-order chi connectivity index (χ1) is 10.6. The first-order valence-corrected chi connectivity index (χ1v) is 8.38. The molecule has 7 heteroatoms. The summed E-state index contributed by atoms with van der Waals surface area (Å²) in [4.78, 5) is 26.5. The number of thiazole rings is 1. The minimum atomic E-state index is 0.103. The standard InChI is InChI=1S/C15H21N5OS/c1-4-11-13(22-10-17-11)15(21)20-8-7-18(2)12(9-20)14-16-5-6-19(14)3/h5-6,10,12H,4,7-9H2,1-3H3/t12-/m0/s1. The largest absolute Gasteiger partial charge is 0.337 e. The Hall–Kier alpha value is -1.73. The maximum atomic E-state index is 12.8. The normalized spacial score (nSPS) is 19.6. The van der Waals surface area contributed by atoms with Crippen LogP contribution in [0.1, 0.15) is 34.2 Å². The lowest BCUT2D eigenvalue weighted by Gasteiger charge is -2.38. The second-order valence-electron chi connectivity index (χ2n) is 5.63. The molecule has 1 aliphatic rings. The minimum absolute atomic E-state index is 0.103. The molecule has 3 heterocycles. The van der Waals surface area contributed by atoms with Gasteiger partial charge in [0.15, 0.2) is 0 Å². The molecule has 0 aromatic carbocycles. The molecule has 1 atom stereocenters. The first kappa shape index (κ1) is 15.2. The summed E-state index contributed by atoms with van der Waals surface area (Å²) in [6, 6.07) is 0.135. The maximum absolute atomic E-state index is 12.8. The Bertz CT molecular complexity index is 664. The molecule has 2 aromatic heterocycles. The van der Waals surface area contributed by atoms with Crippen molar-refractivity contribution in [2.45, 2.75) is 19.4 Å². The third kappa shape index (κ3) is 2.66. The Morgan fingerprint density at radius 2 is 2.18 bits per heavy atom. The molecule has 2 aromatic rings. The number of carbonyl (C=O) groups is 1. The van der Waals surface area contributed by atoms with Gasteiger partial charge >= 0.3 is 0 Å². The smallest absolute Gasteiger partial charge is 0.265 e. The van der Waals surface area contributed by atoms with Gasteiger partial charge in [-0.05, 0) is 13.5 Å². The van der Waals surface area contributed by atoms with Crippen LogP contribution in [0.2, 0.25) is 0 Å². The van der Waals surface area contributed by atoms with Gasteiger partial charge in [0.05, 0.1) is 17.2 Å². The highest BCUT2D eigenvalue weighted by atomic mass is 32.1. The summed E-state index contributed by atoms with van der Waals surface area (Å²) in [6.07, 6.45) is 4.55. The summed E-state index contributed by atoms with van der Waals surface area (Å²) in [5, 5.41) is 0. The van der Waals surface area contributed by atoms with Crippen molar-refractivity contribution in [3.05, 3.63) is 34.3 Å². The van der Waals surface area contributed by atoms with Crippen LogP contribution in [0.3, 0.4) is 0 Å². The predicted molar refractivity (Wildman–Crippen MR) is 86.0 cm³/mol. The Balaban J connectivity index is 1.81. The molecular formula is C15H21N5OS. The predicted octanol–water partition coefficient (Wildman–Crippen LogP) is 1.57. The molecular weight excluding hydrogens is 298 g/mol. The van der Waals surface area contributed by atoms with Crippen molar-refractivity contribution in [3.8, 4) is 0 Å². The van der Waals surface area contributed by atoms with E-state index in [1.807, 2.05) is 35.8 Å². The Labute approximate surface area is 134 Å². The monoisotopic (exact) mass is 319 g/mol. The summed E-state index contributed by atoms with van der Waals surface area (Å²) in [5.74, 6) is 1.10. The van der Waals surface area contributed by atoms with Gasteiger partial charge in [-0.2, -0.15) is 0 Å². The summed E-state index contributed by atoms with van der Waals surface area (Å²) in [5.41, 5.74) is 2.67. The molecule has 0 unspecified atom stereocenters. The van der Waals surface area contributed by atoms with Crippen molar-refractivity contribution >= 4 is 17.2 Å². The summed E-state index contributed by atoms with van der Waals surface area (Å²) >= 11 is 1.44. The lowest BCUT2D eigenvalue weighted by molar-refractivity contribution is 0.0532. The number of carbonyl (C=O) groups excluding carboxylic acids is 1. The third-order valence-electron chi connectivity index (χ3n) is 4.26. The molecule has 0 bridgehead atoms. The van der Waals surface area contributed by atoms with Crippen LogP contribution in [0.15, 0.2) is 17.9 Å². The topological polar surface area (TPSA) is 54.3 Å². The van der Waals surface area contributed by atoms with Crippen molar-refractivity contribution in [3.63, 3.8) is 0 Å². The molecule has 3 rings (SSSR count). The molecule has 118 valence electrons. The van der Waals surface area contributed by atoms with Gasteiger partial charge in [-0.1, -0.05) is 6.92 Å². The number of imidazole rings is 1. The van der Waals surface area contributed by atoms with E-state index in [1.54, 1.807) is 5.51 Å². The average molecular weight is 319 g/mol. The van der Waals surface area contributed by atoms with Crippen LogP contribution < -0.4 is 0 Å². The number of likely N-dealkylation sites (N-methyl/N-ethyl adjacent to an activating group) is 1. The van der Waals surface area contributed by atoms with Crippen LogP contribution in [-0.4, -0.2) is 56.9 Å².